The lowest BCUT2D eigenvalue weighted by Crippen LogP contribution is -2.47. The normalized spacial score (nSPS) is 13.2. The first kappa shape index (κ1) is 27.7. The topological polar surface area (TPSA) is 111 Å². The van der Waals surface area contributed by atoms with E-state index in [1.807, 2.05) is 13.8 Å². The number of anilines is 1. The van der Waals surface area contributed by atoms with Crippen molar-refractivity contribution in [3.63, 3.8) is 0 Å². The molecule has 0 aromatic heterocycles. The Morgan fingerprint density at radius 3 is 2.16 bits per heavy atom. The molecular weight excluding hydrogens is 432 g/mol. The maximum absolute atomic E-state index is 12.8. The molecule has 2 N–H and O–H groups in total. The second-order valence-corrected chi connectivity index (χ2v) is 11.7. The van der Waals surface area contributed by atoms with E-state index in [1.54, 1.807) is 59.7 Å². The number of unbranched alkanes of at least 4 members (excludes halogenated alkanes) is 1. The van der Waals surface area contributed by atoms with Crippen molar-refractivity contribution in [1.82, 2.24) is 5.32 Å². The first-order valence-electron chi connectivity index (χ1n) is 10.8. The van der Waals surface area contributed by atoms with Gasteiger partial charge in [-0.1, -0.05) is 19.4 Å². The highest BCUT2D eigenvalue weighted by Gasteiger charge is 2.29. The number of ether oxygens (including phenoxy) is 2. The van der Waals surface area contributed by atoms with E-state index in [2.05, 4.69) is 10.0 Å². The van der Waals surface area contributed by atoms with Crippen LogP contribution in [0.2, 0.25) is 0 Å². The third kappa shape index (κ3) is 10.8. The van der Waals surface area contributed by atoms with E-state index in [-0.39, 0.29) is 12.2 Å². The fourth-order valence-electron chi connectivity index (χ4n) is 2.76. The Bertz CT molecular complexity index is 898. The number of aryl methyl sites for hydroxylation is 1. The molecule has 0 aliphatic rings. The maximum atomic E-state index is 12.8. The molecule has 0 saturated carbocycles. The van der Waals surface area contributed by atoms with Crippen molar-refractivity contribution in [3.8, 4) is 0 Å². The number of carbonyl (C=O) groups is 2. The smallest absolute Gasteiger partial charge is 0.408 e. The number of hydrogen-bond donors (Lipinski definition) is 2. The van der Waals surface area contributed by atoms with Gasteiger partial charge in [-0.25, -0.2) is 18.0 Å². The zero-order valence-electron chi connectivity index (χ0n) is 20.5. The maximum Gasteiger partial charge on any atom is 0.408 e. The molecule has 0 fully saturated rings. The number of nitrogens with one attached hydrogen (secondary N) is 2. The molecule has 182 valence electrons. The van der Waals surface area contributed by atoms with Crippen LogP contribution in [-0.2, 0) is 30.7 Å². The summed E-state index contributed by atoms with van der Waals surface area (Å²) in [7, 11) is -3.47. The Kier molecular flexibility index (Phi) is 9.56. The number of hydrogen-bond acceptors (Lipinski definition) is 6. The summed E-state index contributed by atoms with van der Waals surface area (Å²) in [4.78, 5) is 25.1. The summed E-state index contributed by atoms with van der Waals surface area (Å²) in [5.41, 5.74) is 0.488. The molecular formula is C23H38N2O6S. The molecule has 32 heavy (non-hydrogen) atoms. The highest BCUT2D eigenvalue weighted by atomic mass is 32.2. The van der Waals surface area contributed by atoms with Crippen LogP contribution in [0.4, 0.5) is 10.5 Å². The third-order valence-corrected chi connectivity index (χ3v) is 5.57. The van der Waals surface area contributed by atoms with Crippen LogP contribution < -0.4 is 10.0 Å². The van der Waals surface area contributed by atoms with Gasteiger partial charge < -0.3 is 14.8 Å². The fraction of sp³-hybridized carbons (Fsp3) is 0.652. The number of carbonyl (C=O) groups excluding carboxylic acids is 2. The molecule has 0 unspecified atom stereocenters. The lowest BCUT2D eigenvalue weighted by molar-refractivity contribution is -0.157. The minimum absolute atomic E-state index is 0.0352. The fourth-order valence-corrected chi connectivity index (χ4v) is 4.01. The number of esters is 1. The van der Waals surface area contributed by atoms with Crippen LogP contribution in [0.15, 0.2) is 18.2 Å². The molecule has 0 spiro atoms. The molecule has 1 rings (SSSR count). The lowest BCUT2D eigenvalue weighted by Gasteiger charge is -2.26. The summed E-state index contributed by atoms with van der Waals surface area (Å²) in [6.07, 6.45) is 0.718. The minimum Gasteiger partial charge on any atom is -0.458 e. The summed E-state index contributed by atoms with van der Waals surface area (Å²) < 4.78 is 37.9. The van der Waals surface area contributed by atoms with Crippen LogP contribution in [0.1, 0.15) is 72.4 Å². The predicted octanol–water partition coefficient (Wildman–Crippen LogP) is 4.31. The lowest BCUT2D eigenvalue weighted by atomic mass is 10.00. The van der Waals surface area contributed by atoms with Crippen molar-refractivity contribution in [2.45, 2.75) is 91.9 Å². The summed E-state index contributed by atoms with van der Waals surface area (Å²) in [6, 6.07) is 4.11. The number of benzene rings is 1. The Hall–Kier alpha value is -2.29. The molecule has 1 atom stereocenters. The van der Waals surface area contributed by atoms with Gasteiger partial charge in [-0.3, -0.25) is 4.72 Å². The molecule has 0 aliphatic heterocycles. The van der Waals surface area contributed by atoms with Gasteiger partial charge in [-0.05, 0) is 78.1 Å². The third-order valence-electron chi connectivity index (χ3n) is 4.20. The number of alkyl carbamates (subject to hydrolysis) is 1. The van der Waals surface area contributed by atoms with Crippen molar-refractivity contribution in [1.29, 1.82) is 0 Å². The second kappa shape index (κ2) is 11.0. The van der Waals surface area contributed by atoms with Gasteiger partial charge in [0.25, 0.3) is 0 Å². The van der Waals surface area contributed by atoms with E-state index >= 15 is 0 Å². The van der Waals surface area contributed by atoms with Gasteiger partial charge in [-0.15, -0.1) is 0 Å². The van der Waals surface area contributed by atoms with Gasteiger partial charge in [-0.2, -0.15) is 0 Å². The first-order chi connectivity index (χ1) is 14.5. The molecule has 9 heteroatoms. The summed E-state index contributed by atoms with van der Waals surface area (Å²) >= 11 is 0. The van der Waals surface area contributed by atoms with Gasteiger partial charge in [0.2, 0.25) is 10.0 Å². The minimum atomic E-state index is -3.47. The average molecular weight is 471 g/mol. The number of sulfonamides is 1. The quantitative estimate of drug-likeness (QED) is 0.520. The zero-order valence-corrected chi connectivity index (χ0v) is 21.3. The van der Waals surface area contributed by atoms with E-state index in [1.165, 1.54) is 0 Å². The Morgan fingerprint density at radius 1 is 1.03 bits per heavy atom. The molecule has 1 aromatic rings. The van der Waals surface area contributed by atoms with Gasteiger partial charge in [0.1, 0.15) is 17.2 Å². The molecule has 0 radical (unpaired) electrons. The molecule has 0 heterocycles. The summed E-state index contributed by atoms with van der Waals surface area (Å²) in [5, 5.41) is 2.59. The second-order valence-electron chi connectivity index (χ2n) is 9.85. The standard InChI is InChI=1S/C23H38N2O6S/c1-9-10-13-32(28,29)25-18-12-11-16(2)17(14-18)15-19(20(26)30-22(3,4)5)24-21(27)31-23(6,7)8/h11-12,14,19,25H,9-10,13,15H2,1-8H3,(H,24,27)/t19-/m0/s1. The largest absolute Gasteiger partial charge is 0.458 e. The molecule has 8 nitrogen and oxygen atoms in total. The number of amides is 1. The first-order valence-corrected chi connectivity index (χ1v) is 12.5. The summed E-state index contributed by atoms with van der Waals surface area (Å²) in [5.74, 6) is -0.565. The zero-order chi connectivity index (χ0) is 24.7. The Labute approximate surface area is 192 Å². The highest BCUT2D eigenvalue weighted by molar-refractivity contribution is 7.92. The van der Waals surface area contributed by atoms with E-state index in [0.717, 1.165) is 12.0 Å². The number of rotatable bonds is 9. The molecule has 1 amide bonds. The van der Waals surface area contributed by atoms with Gasteiger partial charge in [0.05, 0.1) is 5.75 Å². The van der Waals surface area contributed by atoms with E-state index < -0.39 is 39.3 Å². The van der Waals surface area contributed by atoms with Crippen LogP contribution in [-0.4, -0.2) is 43.5 Å². The highest BCUT2D eigenvalue weighted by Crippen LogP contribution is 2.20. The average Bonchev–Trinajstić information content (AvgIpc) is 2.59. The summed E-state index contributed by atoms with van der Waals surface area (Å²) in [6.45, 7) is 14.2. The van der Waals surface area contributed by atoms with E-state index in [4.69, 9.17) is 9.47 Å². The molecule has 0 bridgehead atoms. The van der Waals surface area contributed by atoms with Crippen molar-refractivity contribution in [2.75, 3.05) is 10.5 Å². The van der Waals surface area contributed by atoms with E-state index in [0.29, 0.717) is 17.7 Å². The molecule has 1 aromatic carbocycles. The van der Waals surface area contributed by atoms with Crippen LogP contribution >= 0.6 is 0 Å². The van der Waals surface area contributed by atoms with Crippen molar-refractivity contribution in [3.05, 3.63) is 29.3 Å². The monoisotopic (exact) mass is 470 g/mol. The predicted molar refractivity (Wildman–Crippen MR) is 126 cm³/mol. The van der Waals surface area contributed by atoms with Crippen molar-refractivity contribution < 1.29 is 27.5 Å². The van der Waals surface area contributed by atoms with Gasteiger partial charge in [0.15, 0.2) is 0 Å². The van der Waals surface area contributed by atoms with Crippen LogP contribution in [0.5, 0.6) is 0 Å². The SMILES string of the molecule is CCCCS(=O)(=O)Nc1ccc(C)c(C[C@H](NC(=O)OC(C)(C)C)C(=O)OC(C)(C)C)c1. The Balaban J connectivity index is 3.14. The van der Waals surface area contributed by atoms with Crippen LogP contribution in [0, 0.1) is 6.92 Å². The Morgan fingerprint density at radius 2 is 1.62 bits per heavy atom. The van der Waals surface area contributed by atoms with Gasteiger partial charge >= 0.3 is 12.1 Å². The molecule has 0 saturated heterocycles. The van der Waals surface area contributed by atoms with E-state index in [9.17, 15) is 18.0 Å². The van der Waals surface area contributed by atoms with Crippen molar-refractivity contribution in [2.24, 2.45) is 0 Å². The molecule has 0 aliphatic carbocycles. The van der Waals surface area contributed by atoms with Crippen LogP contribution in [0.3, 0.4) is 0 Å². The van der Waals surface area contributed by atoms with Crippen LogP contribution in [0.25, 0.3) is 0 Å². The van der Waals surface area contributed by atoms with Crippen molar-refractivity contribution >= 4 is 27.8 Å². The van der Waals surface area contributed by atoms with Gasteiger partial charge in [0, 0.05) is 12.1 Å².